The summed E-state index contributed by atoms with van der Waals surface area (Å²) in [6.45, 7) is 0. The average Bonchev–Trinajstić information content (AvgIpc) is 3.02. The van der Waals surface area contributed by atoms with Crippen LogP contribution in [0.15, 0.2) is 60.0 Å². The van der Waals surface area contributed by atoms with E-state index in [9.17, 15) is 14.3 Å². The highest BCUT2D eigenvalue weighted by Gasteiger charge is 2.13. The lowest BCUT2D eigenvalue weighted by Crippen LogP contribution is -2.04. The summed E-state index contributed by atoms with van der Waals surface area (Å²) in [6.07, 6.45) is 1.41. The van der Waals surface area contributed by atoms with E-state index >= 15 is 0 Å². The molecule has 23 heavy (non-hydrogen) atoms. The molecule has 0 unspecified atom stereocenters. The number of carbonyl (C=O) groups is 1. The molecule has 0 amide bonds. The highest BCUT2D eigenvalue weighted by molar-refractivity contribution is 7.99. The molecule has 1 aromatic heterocycles. The van der Waals surface area contributed by atoms with Gasteiger partial charge in [0.2, 0.25) is 0 Å². The zero-order valence-electron chi connectivity index (χ0n) is 11.9. The number of phenolic OH excluding ortho intramolecular Hbond substituents is 1. The Bertz CT molecular complexity index is 833. The van der Waals surface area contributed by atoms with Crippen molar-refractivity contribution < 1.29 is 14.3 Å². The standard InChI is InChI=1S/C16H12FN3O2S/c17-13-3-1-2-4-14(13)20-10-18-19-16(20)23-9-15(22)11-5-7-12(21)8-6-11/h1-8,10,21H,9H2. The quantitative estimate of drug-likeness (QED) is 0.575. The first kappa shape index (κ1) is 15.2. The van der Waals surface area contributed by atoms with Gasteiger partial charge in [0.05, 0.1) is 11.4 Å². The van der Waals surface area contributed by atoms with Crippen LogP contribution in [0.1, 0.15) is 10.4 Å². The van der Waals surface area contributed by atoms with Gasteiger partial charge in [0.1, 0.15) is 17.9 Å². The third kappa shape index (κ3) is 3.40. The summed E-state index contributed by atoms with van der Waals surface area (Å²) in [7, 11) is 0. The molecular formula is C16H12FN3O2S. The van der Waals surface area contributed by atoms with Crippen molar-refractivity contribution in [2.24, 2.45) is 0 Å². The number of aromatic hydroxyl groups is 1. The van der Waals surface area contributed by atoms with E-state index in [0.29, 0.717) is 16.4 Å². The molecule has 3 aromatic rings. The lowest BCUT2D eigenvalue weighted by molar-refractivity contribution is 0.102. The van der Waals surface area contributed by atoms with E-state index < -0.39 is 0 Å². The smallest absolute Gasteiger partial charge is 0.196 e. The van der Waals surface area contributed by atoms with Crippen molar-refractivity contribution in [1.29, 1.82) is 0 Å². The van der Waals surface area contributed by atoms with Gasteiger partial charge in [-0.25, -0.2) is 4.39 Å². The van der Waals surface area contributed by atoms with Crippen LogP contribution in [0.3, 0.4) is 0 Å². The number of aromatic nitrogens is 3. The lowest BCUT2D eigenvalue weighted by atomic mass is 10.1. The topological polar surface area (TPSA) is 68.0 Å². The zero-order valence-corrected chi connectivity index (χ0v) is 12.7. The number of para-hydroxylation sites is 1. The minimum atomic E-state index is -0.390. The number of thioether (sulfide) groups is 1. The average molecular weight is 329 g/mol. The van der Waals surface area contributed by atoms with Crippen LogP contribution >= 0.6 is 11.8 Å². The van der Waals surface area contributed by atoms with Gasteiger partial charge in [0.25, 0.3) is 0 Å². The summed E-state index contributed by atoms with van der Waals surface area (Å²) in [5.74, 6) is -0.261. The number of hydrogen-bond donors (Lipinski definition) is 1. The van der Waals surface area contributed by atoms with Crippen LogP contribution in [-0.2, 0) is 0 Å². The van der Waals surface area contributed by atoms with E-state index in [2.05, 4.69) is 10.2 Å². The molecule has 0 radical (unpaired) electrons. The van der Waals surface area contributed by atoms with E-state index in [0.717, 1.165) is 0 Å². The van der Waals surface area contributed by atoms with Crippen molar-refractivity contribution in [2.75, 3.05) is 5.75 Å². The molecule has 0 bridgehead atoms. The molecule has 0 aliphatic heterocycles. The maximum Gasteiger partial charge on any atom is 0.196 e. The molecule has 0 spiro atoms. The molecule has 7 heteroatoms. The van der Waals surface area contributed by atoms with Crippen molar-refractivity contribution in [2.45, 2.75) is 5.16 Å². The molecule has 1 N–H and O–H groups in total. The maximum atomic E-state index is 13.9. The molecule has 3 rings (SSSR count). The highest BCUT2D eigenvalue weighted by Crippen LogP contribution is 2.22. The molecule has 0 aliphatic rings. The molecule has 0 saturated heterocycles. The van der Waals surface area contributed by atoms with Crippen molar-refractivity contribution >= 4 is 17.5 Å². The fourth-order valence-corrected chi connectivity index (χ4v) is 2.81. The van der Waals surface area contributed by atoms with Crippen molar-refractivity contribution in [3.05, 3.63) is 66.2 Å². The Balaban J connectivity index is 1.75. The zero-order chi connectivity index (χ0) is 16.2. The van der Waals surface area contributed by atoms with Crippen LogP contribution in [0.2, 0.25) is 0 Å². The third-order valence-corrected chi connectivity index (χ3v) is 4.09. The van der Waals surface area contributed by atoms with E-state index in [-0.39, 0.29) is 23.1 Å². The van der Waals surface area contributed by atoms with E-state index in [4.69, 9.17) is 0 Å². The number of phenols is 1. The van der Waals surface area contributed by atoms with Gasteiger partial charge < -0.3 is 5.11 Å². The molecule has 1 heterocycles. The summed E-state index contributed by atoms with van der Waals surface area (Å²) in [4.78, 5) is 12.1. The first-order valence-electron chi connectivity index (χ1n) is 6.75. The number of Topliss-reactive ketones (excluding diaryl/α,β-unsaturated/α-hetero) is 1. The normalized spacial score (nSPS) is 10.7. The molecule has 116 valence electrons. The largest absolute Gasteiger partial charge is 0.508 e. The van der Waals surface area contributed by atoms with Gasteiger partial charge in [-0.3, -0.25) is 9.36 Å². The van der Waals surface area contributed by atoms with Gasteiger partial charge in [-0.05, 0) is 36.4 Å². The summed E-state index contributed by atoms with van der Waals surface area (Å²) >= 11 is 1.18. The Kier molecular flexibility index (Phi) is 4.38. The SMILES string of the molecule is O=C(CSc1nncn1-c1ccccc1F)c1ccc(O)cc1. The molecular weight excluding hydrogens is 317 g/mol. The number of carbonyl (C=O) groups excluding carboxylic acids is 1. The van der Waals surface area contributed by atoms with Crippen LogP contribution in [0.25, 0.3) is 5.69 Å². The summed E-state index contributed by atoms with van der Waals surface area (Å²) < 4.78 is 15.4. The molecule has 0 aliphatic carbocycles. The van der Waals surface area contributed by atoms with E-state index in [1.165, 1.54) is 40.9 Å². The van der Waals surface area contributed by atoms with Gasteiger partial charge in [0, 0.05) is 5.56 Å². The van der Waals surface area contributed by atoms with Gasteiger partial charge in [-0.1, -0.05) is 23.9 Å². The Labute approximate surface area is 135 Å². The van der Waals surface area contributed by atoms with Gasteiger partial charge >= 0.3 is 0 Å². The van der Waals surface area contributed by atoms with Crippen LogP contribution in [0.4, 0.5) is 4.39 Å². The van der Waals surface area contributed by atoms with Crippen molar-refractivity contribution in [3.8, 4) is 11.4 Å². The first-order chi connectivity index (χ1) is 11.1. The van der Waals surface area contributed by atoms with Gasteiger partial charge in [0.15, 0.2) is 10.9 Å². The molecule has 2 aromatic carbocycles. The van der Waals surface area contributed by atoms with E-state index in [1.807, 2.05) is 0 Å². The summed E-state index contributed by atoms with van der Waals surface area (Å²) in [5, 5.41) is 17.4. The Morgan fingerprint density at radius 2 is 1.91 bits per heavy atom. The van der Waals surface area contributed by atoms with Crippen LogP contribution in [-0.4, -0.2) is 31.4 Å². The molecule has 0 fully saturated rings. The number of rotatable bonds is 5. The highest BCUT2D eigenvalue weighted by atomic mass is 32.2. The summed E-state index contributed by atoms with van der Waals surface area (Å²) in [6, 6.07) is 12.3. The second-order valence-corrected chi connectivity index (χ2v) is 5.64. The maximum absolute atomic E-state index is 13.9. The predicted octanol–water partition coefficient (Wildman–Crippen LogP) is 3.09. The second-order valence-electron chi connectivity index (χ2n) is 4.69. The Morgan fingerprint density at radius 3 is 2.65 bits per heavy atom. The van der Waals surface area contributed by atoms with Crippen LogP contribution in [0.5, 0.6) is 5.75 Å². The first-order valence-corrected chi connectivity index (χ1v) is 7.73. The Morgan fingerprint density at radius 1 is 1.17 bits per heavy atom. The Hall–Kier alpha value is -2.67. The predicted molar refractivity (Wildman–Crippen MR) is 84.5 cm³/mol. The number of ketones is 1. The van der Waals surface area contributed by atoms with Crippen molar-refractivity contribution in [1.82, 2.24) is 14.8 Å². The minimum absolute atomic E-state index is 0.105. The minimum Gasteiger partial charge on any atom is -0.508 e. The monoisotopic (exact) mass is 329 g/mol. The molecule has 5 nitrogen and oxygen atoms in total. The van der Waals surface area contributed by atoms with Crippen LogP contribution in [0, 0.1) is 5.82 Å². The fraction of sp³-hybridized carbons (Fsp3) is 0.0625. The fourth-order valence-electron chi connectivity index (χ4n) is 2.00. The number of nitrogens with zero attached hydrogens (tertiary/aromatic N) is 3. The second kappa shape index (κ2) is 6.62. The number of benzene rings is 2. The van der Waals surface area contributed by atoms with Gasteiger partial charge in [-0.15, -0.1) is 10.2 Å². The number of halogens is 1. The summed E-state index contributed by atoms with van der Waals surface area (Å²) in [5.41, 5.74) is 0.823. The number of hydrogen-bond acceptors (Lipinski definition) is 5. The lowest BCUT2D eigenvalue weighted by Gasteiger charge is -2.07. The van der Waals surface area contributed by atoms with Crippen LogP contribution < -0.4 is 0 Å². The third-order valence-electron chi connectivity index (χ3n) is 3.15. The molecule has 0 saturated carbocycles. The molecule has 0 atom stereocenters. The van der Waals surface area contributed by atoms with E-state index in [1.54, 1.807) is 30.3 Å². The van der Waals surface area contributed by atoms with Gasteiger partial charge in [-0.2, -0.15) is 0 Å². The van der Waals surface area contributed by atoms with Crippen molar-refractivity contribution in [3.63, 3.8) is 0 Å².